The van der Waals surface area contributed by atoms with Gasteiger partial charge in [-0.3, -0.25) is 0 Å². The second kappa shape index (κ2) is 3.17. The minimum atomic E-state index is 0.491. The largest absolute Gasteiger partial charge is 0.313 e. The lowest BCUT2D eigenvalue weighted by Gasteiger charge is -2.05. The molecule has 1 rings (SSSR count). The van der Waals surface area contributed by atoms with Crippen molar-refractivity contribution in [1.29, 1.82) is 0 Å². The van der Waals surface area contributed by atoms with Gasteiger partial charge in [-0.15, -0.1) is 11.3 Å². The summed E-state index contributed by atoms with van der Waals surface area (Å²) in [7, 11) is 1.98. The Hall–Kier alpha value is -0.340. The van der Waals surface area contributed by atoms with E-state index in [2.05, 4.69) is 30.6 Å². The summed E-state index contributed by atoms with van der Waals surface area (Å²) < 4.78 is 0. The summed E-state index contributed by atoms with van der Waals surface area (Å²) in [6.45, 7) is 4.30. The smallest absolute Gasteiger partial charge is 0.0297 e. The van der Waals surface area contributed by atoms with Gasteiger partial charge in [0.25, 0.3) is 0 Å². The van der Waals surface area contributed by atoms with E-state index in [1.165, 1.54) is 10.4 Å². The number of nitrogens with one attached hydrogen (secondary N) is 1. The van der Waals surface area contributed by atoms with E-state index in [9.17, 15) is 0 Å². The molecule has 0 saturated carbocycles. The molecule has 1 aromatic heterocycles. The van der Waals surface area contributed by atoms with Gasteiger partial charge in [0.05, 0.1) is 0 Å². The Bertz CT molecular complexity index is 205. The Morgan fingerprint density at radius 2 is 2.30 bits per heavy atom. The maximum atomic E-state index is 3.20. The lowest BCUT2D eigenvalue weighted by atomic mass is 10.2. The molecule has 0 fully saturated rings. The Morgan fingerprint density at radius 3 is 2.70 bits per heavy atom. The molecule has 56 valence electrons. The van der Waals surface area contributed by atoms with E-state index in [4.69, 9.17) is 0 Å². The molecule has 0 aliphatic rings. The number of aryl methyl sites for hydroxylation is 1. The Morgan fingerprint density at radius 1 is 1.60 bits per heavy atom. The second-order valence-electron chi connectivity index (χ2n) is 2.50. The Kier molecular flexibility index (Phi) is 2.46. The van der Waals surface area contributed by atoms with Gasteiger partial charge < -0.3 is 5.32 Å². The van der Waals surface area contributed by atoms with Crippen molar-refractivity contribution < 1.29 is 0 Å². The van der Waals surface area contributed by atoms with Gasteiger partial charge in [-0.2, -0.15) is 0 Å². The van der Waals surface area contributed by atoms with E-state index in [0.29, 0.717) is 6.04 Å². The summed E-state index contributed by atoms with van der Waals surface area (Å²) in [5.41, 5.74) is 1.39. The van der Waals surface area contributed by atoms with Crippen molar-refractivity contribution in [3.05, 3.63) is 21.9 Å². The van der Waals surface area contributed by atoms with Crippen molar-refractivity contribution in [1.82, 2.24) is 5.32 Å². The molecule has 0 bridgehead atoms. The van der Waals surface area contributed by atoms with Crippen LogP contribution in [0.25, 0.3) is 0 Å². The summed E-state index contributed by atoms with van der Waals surface area (Å²) in [4.78, 5) is 1.39. The van der Waals surface area contributed by atoms with Crippen LogP contribution in [0.2, 0.25) is 0 Å². The minimum Gasteiger partial charge on any atom is -0.313 e. The van der Waals surface area contributed by atoms with Crippen LogP contribution in [0.5, 0.6) is 0 Å². The quantitative estimate of drug-likeness (QED) is 0.691. The predicted octanol–water partition coefficient (Wildman–Crippen LogP) is 2.34. The lowest BCUT2D eigenvalue weighted by molar-refractivity contribution is 0.654. The van der Waals surface area contributed by atoms with Gasteiger partial charge in [-0.25, -0.2) is 0 Å². The third-order valence-corrected chi connectivity index (χ3v) is 2.56. The molecule has 1 heterocycles. The monoisotopic (exact) mass is 155 g/mol. The Labute approximate surface area is 66.1 Å². The van der Waals surface area contributed by atoms with E-state index < -0.39 is 0 Å². The van der Waals surface area contributed by atoms with Crippen molar-refractivity contribution in [3.63, 3.8) is 0 Å². The molecule has 0 aromatic carbocycles. The average Bonchev–Trinajstić information content (AvgIpc) is 2.34. The first-order valence-electron chi connectivity index (χ1n) is 3.46. The van der Waals surface area contributed by atoms with E-state index in [-0.39, 0.29) is 0 Å². The van der Waals surface area contributed by atoms with Crippen molar-refractivity contribution >= 4 is 11.3 Å². The highest BCUT2D eigenvalue weighted by atomic mass is 32.1. The minimum absolute atomic E-state index is 0.491. The first-order valence-corrected chi connectivity index (χ1v) is 4.34. The highest BCUT2D eigenvalue weighted by Gasteiger charge is 2.02. The fourth-order valence-corrected chi connectivity index (χ4v) is 1.66. The van der Waals surface area contributed by atoms with E-state index in [0.717, 1.165) is 0 Å². The third kappa shape index (κ3) is 1.58. The standard InChI is InChI=1S/C8H13NS/c1-6-4-8(5-10-6)7(2)9-3/h4-5,7,9H,1-3H3. The molecule has 1 unspecified atom stereocenters. The summed E-state index contributed by atoms with van der Waals surface area (Å²) in [5.74, 6) is 0. The summed E-state index contributed by atoms with van der Waals surface area (Å²) in [6.07, 6.45) is 0. The van der Waals surface area contributed by atoms with Gasteiger partial charge in [0.15, 0.2) is 0 Å². The topological polar surface area (TPSA) is 12.0 Å². The first kappa shape index (κ1) is 7.76. The van der Waals surface area contributed by atoms with Crippen molar-refractivity contribution in [2.75, 3.05) is 7.05 Å². The van der Waals surface area contributed by atoms with E-state index in [1.807, 2.05) is 18.4 Å². The van der Waals surface area contributed by atoms with Crippen molar-refractivity contribution in [2.45, 2.75) is 19.9 Å². The van der Waals surface area contributed by atoms with Gasteiger partial charge in [0.1, 0.15) is 0 Å². The van der Waals surface area contributed by atoms with Gasteiger partial charge >= 0.3 is 0 Å². The molecule has 1 aromatic rings. The van der Waals surface area contributed by atoms with Crippen LogP contribution in [0.1, 0.15) is 23.4 Å². The van der Waals surface area contributed by atoms with Gasteiger partial charge in [-0.1, -0.05) is 0 Å². The van der Waals surface area contributed by atoms with Gasteiger partial charge in [-0.05, 0) is 37.9 Å². The maximum Gasteiger partial charge on any atom is 0.0297 e. The highest BCUT2D eigenvalue weighted by molar-refractivity contribution is 7.10. The summed E-state index contributed by atoms with van der Waals surface area (Å²) >= 11 is 1.81. The number of thiophene rings is 1. The molecule has 0 amide bonds. The highest BCUT2D eigenvalue weighted by Crippen LogP contribution is 2.18. The zero-order valence-electron chi connectivity index (χ0n) is 6.64. The molecular formula is C8H13NS. The van der Waals surface area contributed by atoms with Crippen LogP contribution < -0.4 is 5.32 Å². The molecule has 0 saturated heterocycles. The molecule has 0 radical (unpaired) electrons. The normalized spacial score (nSPS) is 13.5. The summed E-state index contributed by atoms with van der Waals surface area (Å²) in [6, 6.07) is 2.72. The van der Waals surface area contributed by atoms with Gasteiger partial charge in [0, 0.05) is 10.9 Å². The van der Waals surface area contributed by atoms with Crippen molar-refractivity contribution in [3.8, 4) is 0 Å². The summed E-state index contributed by atoms with van der Waals surface area (Å²) in [5, 5.41) is 5.41. The van der Waals surface area contributed by atoms with E-state index >= 15 is 0 Å². The van der Waals surface area contributed by atoms with E-state index in [1.54, 1.807) is 0 Å². The average molecular weight is 155 g/mol. The molecule has 0 spiro atoms. The van der Waals surface area contributed by atoms with Crippen LogP contribution in [0.15, 0.2) is 11.4 Å². The third-order valence-electron chi connectivity index (χ3n) is 1.68. The van der Waals surface area contributed by atoms with Crippen LogP contribution in [0.3, 0.4) is 0 Å². The molecular weight excluding hydrogens is 142 g/mol. The SMILES string of the molecule is CNC(C)c1csc(C)c1. The molecule has 1 atom stereocenters. The lowest BCUT2D eigenvalue weighted by Crippen LogP contribution is -2.10. The fraction of sp³-hybridized carbons (Fsp3) is 0.500. The predicted molar refractivity (Wildman–Crippen MR) is 46.5 cm³/mol. The molecule has 1 N–H and O–H groups in total. The number of rotatable bonds is 2. The maximum absolute atomic E-state index is 3.20. The Balaban J connectivity index is 2.74. The molecule has 1 nitrogen and oxygen atoms in total. The molecule has 0 aliphatic carbocycles. The van der Waals surface area contributed by atoms with Crippen LogP contribution in [-0.2, 0) is 0 Å². The fourth-order valence-electron chi connectivity index (χ4n) is 0.857. The second-order valence-corrected chi connectivity index (χ2v) is 3.62. The number of hydrogen-bond acceptors (Lipinski definition) is 2. The molecule has 10 heavy (non-hydrogen) atoms. The molecule has 2 heteroatoms. The van der Waals surface area contributed by atoms with Gasteiger partial charge in [0.2, 0.25) is 0 Å². The van der Waals surface area contributed by atoms with Crippen LogP contribution >= 0.6 is 11.3 Å². The van der Waals surface area contributed by atoms with Crippen molar-refractivity contribution in [2.24, 2.45) is 0 Å². The van der Waals surface area contributed by atoms with Crippen LogP contribution in [0, 0.1) is 6.92 Å². The number of hydrogen-bond donors (Lipinski definition) is 1. The van der Waals surface area contributed by atoms with Crippen LogP contribution in [-0.4, -0.2) is 7.05 Å². The first-order chi connectivity index (χ1) is 4.74. The molecule has 0 aliphatic heterocycles. The zero-order chi connectivity index (χ0) is 7.56. The van der Waals surface area contributed by atoms with Crippen LogP contribution in [0.4, 0.5) is 0 Å². The zero-order valence-corrected chi connectivity index (χ0v) is 7.46.